The fourth-order valence-electron chi connectivity index (χ4n) is 1.86. The van der Waals surface area contributed by atoms with Crippen molar-refractivity contribution in [1.82, 2.24) is 0 Å². The molecule has 0 bridgehead atoms. The second-order valence-corrected chi connectivity index (χ2v) is 6.73. The average Bonchev–Trinajstić information content (AvgIpc) is 2.42. The lowest BCUT2D eigenvalue weighted by Crippen LogP contribution is -2.21. The van der Waals surface area contributed by atoms with E-state index in [0.717, 1.165) is 27.8 Å². The van der Waals surface area contributed by atoms with Crippen molar-refractivity contribution >= 4 is 27.7 Å². The smallest absolute Gasteiger partial charge is 0.137 e. The Kier molecular flexibility index (Phi) is 5.64. The lowest BCUT2D eigenvalue weighted by molar-refractivity contribution is 0.593. The molecule has 1 atom stereocenters. The van der Waals surface area contributed by atoms with E-state index in [1.165, 1.54) is 11.8 Å². The average molecular weight is 354 g/mol. The van der Waals surface area contributed by atoms with Crippen LogP contribution in [-0.4, -0.2) is 6.04 Å². The van der Waals surface area contributed by atoms with Crippen LogP contribution in [0.3, 0.4) is 0 Å². The molecule has 2 rings (SSSR count). The normalized spacial score (nSPS) is 12.4. The number of nitrogens with two attached hydrogens (primary N) is 1. The van der Waals surface area contributed by atoms with Crippen LogP contribution in [0.25, 0.3) is 0 Å². The van der Waals surface area contributed by atoms with Crippen molar-refractivity contribution in [3.05, 3.63) is 58.3 Å². The van der Waals surface area contributed by atoms with Gasteiger partial charge in [-0.2, -0.15) is 0 Å². The SMILES string of the molecule is CCC(N)Cc1ccc(Sc2cccc(Br)c2)c(F)c1. The minimum atomic E-state index is -0.184. The molecule has 0 heterocycles. The summed E-state index contributed by atoms with van der Waals surface area (Å²) in [6, 6.07) is 13.3. The van der Waals surface area contributed by atoms with Gasteiger partial charge in [0.15, 0.2) is 0 Å². The Morgan fingerprint density at radius 3 is 2.70 bits per heavy atom. The molecule has 1 nitrogen and oxygen atoms in total. The molecule has 0 saturated heterocycles. The summed E-state index contributed by atoms with van der Waals surface area (Å²) in [5.74, 6) is -0.184. The van der Waals surface area contributed by atoms with Gasteiger partial charge in [0.25, 0.3) is 0 Å². The molecule has 0 radical (unpaired) electrons. The summed E-state index contributed by atoms with van der Waals surface area (Å²) in [5, 5.41) is 0. The van der Waals surface area contributed by atoms with Crippen LogP contribution >= 0.6 is 27.7 Å². The van der Waals surface area contributed by atoms with Gasteiger partial charge in [-0.1, -0.05) is 46.7 Å². The molecule has 0 aliphatic heterocycles. The summed E-state index contributed by atoms with van der Waals surface area (Å²) in [6.07, 6.45) is 1.62. The van der Waals surface area contributed by atoms with E-state index in [0.29, 0.717) is 4.90 Å². The van der Waals surface area contributed by atoms with E-state index < -0.39 is 0 Å². The molecule has 0 saturated carbocycles. The van der Waals surface area contributed by atoms with Gasteiger partial charge in [-0.05, 0) is 48.7 Å². The van der Waals surface area contributed by atoms with Crippen LogP contribution < -0.4 is 5.73 Å². The number of hydrogen-bond donors (Lipinski definition) is 1. The molecule has 20 heavy (non-hydrogen) atoms. The maximum Gasteiger partial charge on any atom is 0.137 e. The van der Waals surface area contributed by atoms with Crippen LogP contribution in [-0.2, 0) is 6.42 Å². The van der Waals surface area contributed by atoms with Gasteiger partial charge in [0.2, 0.25) is 0 Å². The van der Waals surface area contributed by atoms with Gasteiger partial charge in [0.05, 0.1) is 0 Å². The first-order valence-corrected chi connectivity index (χ1v) is 8.17. The highest BCUT2D eigenvalue weighted by Gasteiger charge is 2.08. The van der Waals surface area contributed by atoms with Gasteiger partial charge in [-0.15, -0.1) is 0 Å². The van der Waals surface area contributed by atoms with Crippen LogP contribution in [0, 0.1) is 5.82 Å². The standard InChI is InChI=1S/C16H17BrFNS/c1-2-13(19)8-11-6-7-16(15(18)9-11)20-14-5-3-4-12(17)10-14/h3-7,9-10,13H,2,8,19H2,1H3. The van der Waals surface area contributed by atoms with Crippen LogP contribution in [0.2, 0.25) is 0 Å². The van der Waals surface area contributed by atoms with E-state index in [1.807, 2.05) is 43.3 Å². The Morgan fingerprint density at radius 1 is 1.25 bits per heavy atom. The minimum Gasteiger partial charge on any atom is -0.327 e. The third-order valence-corrected chi connectivity index (χ3v) is 4.58. The quantitative estimate of drug-likeness (QED) is 0.816. The maximum absolute atomic E-state index is 14.1. The zero-order valence-corrected chi connectivity index (χ0v) is 13.7. The predicted octanol–water partition coefficient (Wildman–Crippen LogP) is 5.02. The van der Waals surface area contributed by atoms with Crippen molar-refractivity contribution in [2.24, 2.45) is 5.73 Å². The van der Waals surface area contributed by atoms with Gasteiger partial charge >= 0.3 is 0 Å². The fraction of sp³-hybridized carbons (Fsp3) is 0.250. The van der Waals surface area contributed by atoms with Crippen LogP contribution in [0.4, 0.5) is 4.39 Å². The van der Waals surface area contributed by atoms with Crippen molar-refractivity contribution in [3.63, 3.8) is 0 Å². The molecule has 0 spiro atoms. The lowest BCUT2D eigenvalue weighted by atomic mass is 10.0. The Hall–Kier alpha value is -0.840. The summed E-state index contributed by atoms with van der Waals surface area (Å²) in [4.78, 5) is 1.65. The van der Waals surface area contributed by atoms with Crippen molar-refractivity contribution in [1.29, 1.82) is 0 Å². The first-order chi connectivity index (χ1) is 9.58. The van der Waals surface area contributed by atoms with Gasteiger partial charge in [0.1, 0.15) is 5.82 Å². The monoisotopic (exact) mass is 353 g/mol. The van der Waals surface area contributed by atoms with E-state index in [-0.39, 0.29) is 11.9 Å². The molecular weight excluding hydrogens is 337 g/mol. The van der Waals surface area contributed by atoms with E-state index in [1.54, 1.807) is 6.07 Å². The van der Waals surface area contributed by atoms with Crippen molar-refractivity contribution in [2.45, 2.75) is 35.6 Å². The molecule has 0 amide bonds. The Bertz CT molecular complexity index is 588. The van der Waals surface area contributed by atoms with Gasteiger partial charge < -0.3 is 5.73 Å². The van der Waals surface area contributed by atoms with E-state index in [2.05, 4.69) is 15.9 Å². The molecule has 2 aromatic carbocycles. The highest BCUT2D eigenvalue weighted by molar-refractivity contribution is 9.10. The predicted molar refractivity (Wildman–Crippen MR) is 86.6 cm³/mol. The van der Waals surface area contributed by atoms with Gasteiger partial charge in [-0.25, -0.2) is 4.39 Å². The summed E-state index contributed by atoms with van der Waals surface area (Å²) in [7, 11) is 0. The topological polar surface area (TPSA) is 26.0 Å². The second kappa shape index (κ2) is 7.25. The number of halogens is 2. The van der Waals surface area contributed by atoms with E-state index in [9.17, 15) is 4.39 Å². The van der Waals surface area contributed by atoms with Gasteiger partial charge in [-0.3, -0.25) is 0 Å². The van der Waals surface area contributed by atoms with Crippen molar-refractivity contribution < 1.29 is 4.39 Å². The molecule has 106 valence electrons. The Labute approximate surface area is 131 Å². The molecule has 0 aromatic heterocycles. The van der Waals surface area contributed by atoms with Crippen LogP contribution in [0.5, 0.6) is 0 Å². The highest BCUT2D eigenvalue weighted by Crippen LogP contribution is 2.31. The molecule has 0 fully saturated rings. The zero-order chi connectivity index (χ0) is 14.5. The Morgan fingerprint density at radius 2 is 2.05 bits per heavy atom. The first-order valence-electron chi connectivity index (χ1n) is 6.56. The molecule has 0 aliphatic carbocycles. The summed E-state index contributed by atoms with van der Waals surface area (Å²) in [6.45, 7) is 2.04. The minimum absolute atomic E-state index is 0.0954. The summed E-state index contributed by atoms with van der Waals surface area (Å²) >= 11 is 4.85. The number of benzene rings is 2. The van der Waals surface area contributed by atoms with Crippen LogP contribution in [0.1, 0.15) is 18.9 Å². The number of hydrogen-bond acceptors (Lipinski definition) is 2. The maximum atomic E-state index is 14.1. The molecule has 1 unspecified atom stereocenters. The fourth-order valence-corrected chi connectivity index (χ4v) is 3.29. The van der Waals surface area contributed by atoms with Gasteiger partial charge in [0, 0.05) is 20.3 Å². The highest BCUT2D eigenvalue weighted by atomic mass is 79.9. The molecule has 0 aliphatic rings. The second-order valence-electron chi connectivity index (χ2n) is 4.70. The third-order valence-electron chi connectivity index (χ3n) is 3.04. The lowest BCUT2D eigenvalue weighted by Gasteiger charge is -2.10. The summed E-state index contributed by atoms with van der Waals surface area (Å²) in [5.41, 5.74) is 6.85. The third kappa shape index (κ3) is 4.33. The zero-order valence-electron chi connectivity index (χ0n) is 11.3. The largest absolute Gasteiger partial charge is 0.327 e. The number of rotatable bonds is 5. The molecular formula is C16H17BrFNS. The van der Waals surface area contributed by atoms with Crippen molar-refractivity contribution in [2.75, 3.05) is 0 Å². The first kappa shape index (κ1) is 15.5. The van der Waals surface area contributed by atoms with Crippen molar-refractivity contribution in [3.8, 4) is 0 Å². The van der Waals surface area contributed by atoms with E-state index >= 15 is 0 Å². The molecule has 2 aromatic rings. The summed E-state index contributed by atoms with van der Waals surface area (Å²) < 4.78 is 15.1. The molecule has 2 N–H and O–H groups in total. The van der Waals surface area contributed by atoms with E-state index in [4.69, 9.17) is 5.73 Å². The molecule has 4 heteroatoms. The van der Waals surface area contributed by atoms with Crippen LogP contribution in [0.15, 0.2) is 56.7 Å². The Balaban J connectivity index is 2.13.